The van der Waals surface area contributed by atoms with Gasteiger partial charge in [-0.1, -0.05) is 18.9 Å². The second-order valence-electron chi connectivity index (χ2n) is 8.52. The monoisotopic (exact) mass is 437 g/mol. The first kappa shape index (κ1) is 21.9. The fourth-order valence-corrected chi connectivity index (χ4v) is 4.58. The summed E-state index contributed by atoms with van der Waals surface area (Å²) in [6, 6.07) is 7.77. The number of rotatable bonds is 6. The highest BCUT2D eigenvalue weighted by molar-refractivity contribution is 5.97. The Hall–Kier alpha value is -3.27. The van der Waals surface area contributed by atoms with Crippen molar-refractivity contribution in [1.82, 2.24) is 9.38 Å². The fraction of sp³-hybridized carbons (Fsp3) is 0.400. The molecule has 2 unspecified atom stereocenters. The Morgan fingerprint density at radius 3 is 2.69 bits per heavy atom. The molecule has 1 aliphatic rings. The molecule has 32 heavy (non-hydrogen) atoms. The highest BCUT2D eigenvalue weighted by Crippen LogP contribution is 2.34. The van der Waals surface area contributed by atoms with Gasteiger partial charge in [-0.05, 0) is 56.4 Å². The molecule has 166 valence electrons. The molecule has 1 aliphatic carbocycles. The highest BCUT2D eigenvalue weighted by Gasteiger charge is 2.29. The molecule has 1 fully saturated rings. The van der Waals surface area contributed by atoms with E-state index >= 15 is 0 Å². The number of carbonyl (C=O) groups excluding carboxylic acids is 1. The summed E-state index contributed by atoms with van der Waals surface area (Å²) in [6.07, 6.45) is 5.89. The molecule has 0 radical (unpaired) electrons. The third-order valence-electron chi connectivity index (χ3n) is 6.22. The van der Waals surface area contributed by atoms with Crippen molar-refractivity contribution in [2.75, 3.05) is 0 Å². The molecule has 1 aromatic carbocycles. The number of ketones is 1. The van der Waals surface area contributed by atoms with Crippen LogP contribution in [0.4, 0.5) is 8.78 Å². The molecular formula is C25H25F2N3O2. The van der Waals surface area contributed by atoms with Crippen LogP contribution in [0.25, 0.3) is 5.65 Å². The summed E-state index contributed by atoms with van der Waals surface area (Å²) < 4.78 is 35.5. The third kappa shape index (κ3) is 4.22. The molecule has 0 spiro atoms. The Morgan fingerprint density at radius 2 is 1.97 bits per heavy atom. The summed E-state index contributed by atoms with van der Waals surface area (Å²) >= 11 is 0. The van der Waals surface area contributed by atoms with E-state index < -0.39 is 11.6 Å². The molecule has 0 N–H and O–H groups in total. The second-order valence-corrected chi connectivity index (χ2v) is 8.52. The number of aryl methyl sites for hydroxylation is 2. The zero-order valence-electron chi connectivity index (χ0n) is 18.2. The minimum atomic E-state index is -0.677. The van der Waals surface area contributed by atoms with Crippen LogP contribution in [0.1, 0.15) is 59.4 Å². The predicted octanol–water partition coefficient (Wildman–Crippen LogP) is 5.71. The summed E-state index contributed by atoms with van der Waals surface area (Å²) in [7, 11) is 0. The molecule has 0 bridgehead atoms. The Bertz CT molecular complexity index is 1190. The smallest absolute Gasteiger partial charge is 0.181 e. The van der Waals surface area contributed by atoms with E-state index in [1.807, 2.05) is 13.1 Å². The third-order valence-corrected chi connectivity index (χ3v) is 6.22. The summed E-state index contributed by atoms with van der Waals surface area (Å²) in [5.74, 6) is -1.10. The van der Waals surface area contributed by atoms with E-state index in [1.54, 1.807) is 17.4 Å². The summed E-state index contributed by atoms with van der Waals surface area (Å²) in [4.78, 5) is 17.8. The molecule has 0 amide bonds. The number of halogens is 2. The zero-order chi connectivity index (χ0) is 22.8. The van der Waals surface area contributed by atoms with Gasteiger partial charge in [-0.25, -0.2) is 13.8 Å². The van der Waals surface area contributed by atoms with Crippen molar-refractivity contribution >= 4 is 11.4 Å². The Kier molecular flexibility index (Phi) is 6.22. The van der Waals surface area contributed by atoms with Gasteiger partial charge in [0.25, 0.3) is 0 Å². The summed E-state index contributed by atoms with van der Waals surface area (Å²) in [6.45, 7) is 3.32. The van der Waals surface area contributed by atoms with E-state index in [2.05, 4.69) is 11.1 Å². The molecular weight excluding hydrogens is 412 g/mol. The fourth-order valence-electron chi connectivity index (χ4n) is 4.58. The minimum absolute atomic E-state index is 0.0516. The SMILES string of the molecule is Cc1cc(OCc2c(F)cccc2F)c2nc(C)c(C(=O)CC3CCCCC3C#N)n2c1. The average molecular weight is 437 g/mol. The van der Waals surface area contributed by atoms with Crippen LogP contribution < -0.4 is 4.74 Å². The van der Waals surface area contributed by atoms with Gasteiger partial charge in [0.05, 0.1) is 17.3 Å². The molecule has 5 nitrogen and oxygen atoms in total. The molecule has 0 aliphatic heterocycles. The second kappa shape index (κ2) is 9.07. The molecule has 4 rings (SSSR count). The molecule has 7 heteroatoms. The Balaban J connectivity index is 1.64. The van der Waals surface area contributed by atoms with Gasteiger partial charge in [0, 0.05) is 18.5 Å². The number of aromatic nitrogens is 2. The van der Waals surface area contributed by atoms with E-state index in [-0.39, 0.29) is 29.8 Å². The molecule has 3 aromatic rings. The number of hydrogen-bond acceptors (Lipinski definition) is 4. The van der Waals surface area contributed by atoms with Gasteiger partial charge in [-0.15, -0.1) is 0 Å². The van der Waals surface area contributed by atoms with E-state index in [4.69, 9.17) is 4.74 Å². The number of Topliss-reactive ketones (excluding diaryl/α,β-unsaturated/α-hetero) is 1. The molecule has 2 heterocycles. The number of imidazole rings is 1. The maximum atomic E-state index is 14.0. The summed E-state index contributed by atoms with van der Waals surface area (Å²) in [5.41, 5.74) is 2.11. The summed E-state index contributed by atoms with van der Waals surface area (Å²) in [5, 5.41) is 9.45. The molecule has 0 saturated heterocycles. The molecule has 1 saturated carbocycles. The van der Waals surface area contributed by atoms with Crippen molar-refractivity contribution in [1.29, 1.82) is 5.26 Å². The predicted molar refractivity (Wildman–Crippen MR) is 115 cm³/mol. The highest BCUT2D eigenvalue weighted by atomic mass is 19.1. The van der Waals surface area contributed by atoms with Gasteiger partial charge in [-0.2, -0.15) is 5.26 Å². The van der Waals surface area contributed by atoms with Crippen LogP contribution in [-0.2, 0) is 6.61 Å². The van der Waals surface area contributed by atoms with E-state index in [0.717, 1.165) is 31.2 Å². The number of carbonyl (C=O) groups is 1. The lowest BCUT2D eigenvalue weighted by molar-refractivity contribution is 0.0930. The van der Waals surface area contributed by atoms with Crippen LogP contribution in [0.15, 0.2) is 30.5 Å². The number of ether oxygens (including phenoxy) is 1. The molecule has 2 aromatic heterocycles. The van der Waals surface area contributed by atoms with Crippen molar-refractivity contribution < 1.29 is 18.3 Å². The quantitative estimate of drug-likeness (QED) is 0.463. The lowest BCUT2D eigenvalue weighted by Gasteiger charge is -2.26. The standard InChI is InChI=1S/C25H25F2N3O2/c1-15-10-23(32-14-19-20(26)8-5-9-21(19)27)25-29-16(2)24(30(25)13-15)22(31)11-17-6-3-4-7-18(17)12-28/h5,8-10,13,17-18H,3-4,6-7,11,14H2,1-2H3. The van der Waals surface area contributed by atoms with Gasteiger partial charge in [-0.3, -0.25) is 9.20 Å². The van der Waals surface area contributed by atoms with Crippen molar-refractivity contribution in [2.45, 2.75) is 52.6 Å². The van der Waals surface area contributed by atoms with Crippen LogP contribution in [-0.4, -0.2) is 15.2 Å². The Morgan fingerprint density at radius 1 is 1.25 bits per heavy atom. The van der Waals surface area contributed by atoms with Gasteiger partial charge in [0.1, 0.15) is 23.9 Å². The first-order valence-corrected chi connectivity index (χ1v) is 10.9. The first-order chi connectivity index (χ1) is 15.4. The average Bonchev–Trinajstić information content (AvgIpc) is 3.09. The van der Waals surface area contributed by atoms with Crippen LogP contribution in [0, 0.1) is 48.6 Å². The van der Waals surface area contributed by atoms with Crippen LogP contribution in [0.2, 0.25) is 0 Å². The number of fused-ring (bicyclic) bond motifs is 1. The first-order valence-electron chi connectivity index (χ1n) is 10.9. The van der Waals surface area contributed by atoms with E-state index in [0.29, 0.717) is 29.2 Å². The minimum Gasteiger partial charge on any atom is -0.485 e. The molecule has 2 atom stereocenters. The van der Waals surface area contributed by atoms with Gasteiger partial charge in [0.15, 0.2) is 17.2 Å². The zero-order valence-corrected chi connectivity index (χ0v) is 18.2. The van der Waals surface area contributed by atoms with Gasteiger partial charge in [0.2, 0.25) is 0 Å². The topological polar surface area (TPSA) is 67.4 Å². The normalized spacial score (nSPS) is 18.5. The van der Waals surface area contributed by atoms with Gasteiger partial charge < -0.3 is 4.74 Å². The lowest BCUT2D eigenvalue weighted by Crippen LogP contribution is -2.22. The number of hydrogen-bond donors (Lipinski definition) is 0. The van der Waals surface area contributed by atoms with Crippen LogP contribution >= 0.6 is 0 Å². The van der Waals surface area contributed by atoms with E-state index in [9.17, 15) is 18.8 Å². The van der Waals surface area contributed by atoms with Crippen molar-refractivity contribution in [3.8, 4) is 11.8 Å². The number of pyridine rings is 1. The Labute approximate surface area is 185 Å². The maximum absolute atomic E-state index is 14.0. The van der Waals surface area contributed by atoms with Crippen LogP contribution in [0.5, 0.6) is 5.75 Å². The number of nitrogens with zero attached hydrogens (tertiary/aromatic N) is 3. The van der Waals surface area contributed by atoms with Gasteiger partial charge >= 0.3 is 0 Å². The largest absolute Gasteiger partial charge is 0.485 e. The van der Waals surface area contributed by atoms with Crippen molar-refractivity contribution in [3.63, 3.8) is 0 Å². The number of nitriles is 1. The van der Waals surface area contributed by atoms with Crippen molar-refractivity contribution in [3.05, 3.63) is 64.6 Å². The van der Waals surface area contributed by atoms with Crippen molar-refractivity contribution in [2.24, 2.45) is 11.8 Å². The number of benzene rings is 1. The van der Waals surface area contributed by atoms with Crippen LogP contribution in [0.3, 0.4) is 0 Å². The lowest BCUT2D eigenvalue weighted by atomic mass is 9.77. The maximum Gasteiger partial charge on any atom is 0.181 e. The van der Waals surface area contributed by atoms with E-state index in [1.165, 1.54) is 18.2 Å².